The van der Waals surface area contributed by atoms with E-state index in [0.29, 0.717) is 0 Å². The molecule has 1 amide bonds. The highest BCUT2D eigenvalue weighted by molar-refractivity contribution is 6.30. The van der Waals surface area contributed by atoms with Gasteiger partial charge in [0.05, 0.1) is 5.54 Å². The molecule has 0 heterocycles. The first kappa shape index (κ1) is 13.4. The molecule has 0 unspecified atom stereocenters. The molecule has 3 heteroatoms. The van der Waals surface area contributed by atoms with E-state index in [0.717, 1.165) is 29.8 Å². The Hall–Kier alpha value is -1.02. The van der Waals surface area contributed by atoms with Gasteiger partial charge in [-0.25, -0.2) is 0 Å². The van der Waals surface area contributed by atoms with Crippen molar-refractivity contribution in [2.45, 2.75) is 45.6 Å². The van der Waals surface area contributed by atoms with Gasteiger partial charge in [0.25, 0.3) is 0 Å². The van der Waals surface area contributed by atoms with E-state index < -0.39 is 0 Å². The minimum atomic E-state index is -0.352. The van der Waals surface area contributed by atoms with Crippen LogP contribution in [0.2, 0.25) is 5.02 Å². The number of hydrogen-bond acceptors (Lipinski definition) is 1. The smallest absolute Gasteiger partial charge is 0.226 e. The molecule has 0 bridgehead atoms. The van der Waals surface area contributed by atoms with Crippen molar-refractivity contribution in [3.05, 3.63) is 34.9 Å². The summed E-state index contributed by atoms with van der Waals surface area (Å²) in [6.45, 7) is 5.82. The van der Waals surface area contributed by atoms with Crippen molar-refractivity contribution in [1.29, 1.82) is 0 Å². The molecule has 2 rings (SSSR count). The van der Waals surface area contributed by atoms with E-state index in [4.69, 9.17) is 11.6 Å². The van der Waals surface area contributed by atoms with Gasteiger partial charge in [-0.15, -0.1) is 0 Å². The molecule has 0 aromatic heterocycles. The van der Waals surface area contributed by atoms with Crippen LogP contribution in [0.5, 0.6) is 0 Å². The number of amides is 1. The molecule has 1 aromatic carbocycles. The fourth-order valence-corrected chi connectivity index (χ4v) is 2.32. The number of nitrogens with one attached hydrogen (secondary N) is 1. The summed E-state index contributed by atoms with van der Waals surface area (Å²) in [6, 6.07) is 7.81. The Balaban J connectivity index is 2.21. The number of rotatable bonds is 2. The Kier molecular flexibility index (Phi) is 3.41. The van der Waals surface area contributed by atoms with Gasteiger partial charge in [-0.2, -0.15) is 0 Å². The van der Waals surface area contributed by atoms with Crippen LogP contribution in [0.25, 0.3) is 0 Å². The maximum Gasteiger partial charge on any atom is 0.226 e. The predicted molar refractivity (Wildman–Crippen MR) is 74.6 cm³/mol. The van der Waals surface area contributed by atoms with Crippen molar-refractivity contribution in [3.8, 4) is 0 Å². The summed E-state index contributed by atoms with van der Waals surface area (Å²) in [7, 11) is 0. The van der Waals surface area contributed by atoms with Crippen LogP contribution in [0.1, 0.15) is 45.6 Å². The lowest BCUT2D eigenvalue weighted by Gasteiger charge is -2.44. The van der Waals surface area contributed by atoms with Crippen LogP contribution in [0.4, 0.5) is 0 Å². The van der Waals surface area contributed by atoms with Gasteiger partial charge in [-0.3, -0.25) is 4.79 Å². The van der Waals surface area contributed by atoms with Gasteiger partial charge in [0.15, 0.2) is 0 Å². The maximum absolute atomic E-state index is 12.2. The molecule has 1 aromatic rings. The van der Waals surface area contributed by atoms with Crippen LogP contribution in [0.15, 0.2) is 24.3 Å². The van der Waals surface area contributed by atoms with Gasteiger partial charge < -0.3 is 5.32 Å². The molecule has 98 valence electrons. The zero-order valence-corrected chi connectivity index (χ0v) is 12.0. The molecule has 18 heavy (non-hydrogen) atoms. The summed E-state index contributed by atoms with van der Waals surface area (Å²) < 4.78 is 0. The van der Waals surface area contributed by atoms with Gasteiger partial charge in [-0.05, 0) is 37.0 Å². The van der Waals surface area contributed by atoms with E-state index in [9.17, 15) is 4.79 Å². The number of carbonyl (C=O) groups excluding carboxylic acids is 1. The minimum Gasteiger partial charge on any atom is -0.346 e. The van der Waals surface area contributed by atoms with E-state index in [-0.39, 0.29) is 16.9 Å². The third-order valence-corrected chi connectivity index (χ3v) is 3.89. The molecular formula is C15H20ClNO. The standard InChI is InChI=1S/C15H20ClNO/c1-14(2,3)13(18)17-15(9-4-10-15)11-5-7-12(16)8-6-11/h5-8H,4,9-10H2,1-3H3,(H,17,18). The summed E-state index contributed by atoms with van der Waals surface area (Å²) >= 11 is 5.91. The SMILES string of the molecule is CC(C)(C)C(=O)NC1(c2ccc(Cl)cc2)CCC1. The third-order valence-electron chi connectivity index (χ3n) is 3.64. The van der Waals surface area contributed by atoms with Crippen molar-refractivity contribution in [1.82, 2.24) is 5.32 Å². The van der Waals surface area contributed by atoms with E-state index in [1.165, 1.54) is 0 Å². The van der Waals surface area contributed by atoms with Crippen LogP contribution >= 0.6 is 11.6 Å². The molecule has 0 radical (unpaired) electrons. The first-order valence-electron chi connectivity index (χ1n) is 6.42. The molecule has 0 saturated heterocycles. The quantitative estimate of drug-likeness (QED) is 0.864. The Morgan fingerprint density at radius 1 is 1.22 bits per heavy atom. The van der Waals surface area contributed by atoms with Gasteiger partial charge in [0.1, 0.15) is 0 Å². The largest absolute Gasteiger partial charge is 0.346 e. The monoisotopic (exact) mass is 265 g/mol. The fourth-order valence-electron chi connectivity index (χ4n) is 2.19. The zero-order chi connectivity index (χ0) is 13.4. The molecule has 0 spiro atoms. The van der Waals surface area contributed by atoms with Crippen molar-refractivity contribution >= 4 is 17.5 Å². The number of hydrogen-bond donors (Lipinski definition) is 1. The highest BCUT2D eigenvalue weighted by Gasteiger charge is 2.41. The van der Waals surface area contributed by atoms with E-state index in [1.54, 1.807) is 0 Å². The van der Waals surface area contributed by atoms with Crippen LogP contribution in [0.3, 0.4) is 0 Å². The average Bonchev–Trinajstić information content (AvgIpc) is 2.23. The van der Waals surface area contributed by atoms with Crippen molar-refractivity contribution in [2.24, 2.45) is 5.41 Å². The lowest BCUT2D eigenvalue weighted by Crippen LogP contribution is -2.53. The lowest BCUT2D eigenvalue weighted by atomic mass is 9.71. The first-order chi connectivity index (χ1) is 8.33. The van der Waals surface area contributed by atoms with Crippen LogP contribution in [0, 0.1) is 5.41 Å². The van der Waals surface area contributed by atoms with Gasteiger partial charge in [0, 0.05) is 10.4 Å². The molecule has 1 fully saturated rings. The first-order valence-corrected chi connectivity index (χ1v) is 6.80. The summed E-state index contributed by atoms with van der Waals surface area (Å²) in [5.74, 6) is 0.108. The van der Waals surface area contributed by atoms with Crippen molar-refractivity contribution < 1.29 is 4.79 Å². The summed E-state index contributed by atoms with van der Waals surface area (Å²) in [4.78, 5) is 12.2. The minimum absolute atomic E-state index is 0.108. The summed E-state index contributed by atoms with van der Waals surface area (Å²) in [5, 5.41) is 3.96. The molecular weight excluding hydrogens is 246 g/mol. The Morgan fingerprint density at radius 3 is 2.17 bits per heavy atom. The molecule has 1 aliphatic rings. The van der Waals surface area contributed by atoms with E-state index in [1.807, 2.05) is 45.0 Å². The highest BCUT2D eigenvalue weighted by atomic mass is 35.5. The second-order valence-corrected chi connectivity index (χ2v) is 6.58. The maximum atomic E-state index is 12.2. The highest BCUT2D eigenvalue weighted by Crippen LogP contribution is 2.42. The number of carbonyl (C=O) groups is 1. The molecule has 1 N–H and O–H groups in total. The van der Waals surface area contributed by atoms with E-state index >= 15 is 0 Å². The van der Waals surface area contributed by atoms with Crippen LogP contribution in [-0.4, -0.2) is 5.91 Å². The van der Waals surface area contributed by atoms with Crippen LogP contribution < -0.4 is 5.32 Å². The van der Waals surface area contributed by atoms with Crippen LogP contribution in [-0.2, 0) is 10.3 Å². The fraction of sp³-hybridized carbons (Fsp3) is 0.533. The topological polar surface area (TPSA) is 29.1 Å². The predicted octanol–water partition coefficient (Wildman–Crippen LogP) is 3.88. The zero-order valence-electron chi connectivity index (χ0n) is 11.2. The van der Waals surface area contributed by atoms with Gasteiger partial charge in [-0.1, -0.05) is 44.5 Å². The Bertz CT molecular complexity index is 441. The van der Waals surface area contributed by atoms with Crippen molar-refractivity contribution in [2.75, 3.05) is 0 Å². The molecule has 1 aliphatic carbocycles. The summed E-state index contributed by atoms with van der Waals surface area (Å²) in [5.41, 5.74) is 0.639. The number of halogens is 1. The molecule has 0 aliphatic heterocycles. The Morgan fingerprint density at radius 2 is 1.78 bits per heavy atom. The Labute approximate surface area is 114 Å². The lowest BCUT2D eigenvalue weighted by molar-refractivity contribution is -0.132. The normalized spacial score (nSPS) is 18.0. The van der Waals surface area contributed by atoms with Gasteiger partial charge in [0.2, 0.25) is 5.91 Å². The van der Waals surface area contributed by atoms with Gasteiger partial charge >= 0.3 is 0 Å². The second kappa shape index (κ2) is 4.58. The van der Waals surface area contributed by atoms with Crippen molar-refractivity contribution in [3.63, 3.8) is 0 Å². The second-order valence-electron chi connectivity index (χ2n) is 6.15. The average molecular weight is 266 g/mol. The molecule has 1 saturated carbocycles. The molecule has 2 nitrogen and oxygen atoms in total. The third kappa shape index (κ3) is 2.54. The number of benzene rings is 1. The molecule has 0 atom stereocenters. The summed E-state index contributed by atoms with van der Waals surface area (Å²) in [6.07, 6.45) is 3.18. The van der Waals surface area contributed by atoms with E-state index in [2.05, 4.69) is 5.32 Å².